The molecule has 2 aliphatic carbocycles. The lowest BCUT2D eigenvalue weighted by Crippen LogP contribution is -2.50. The number of nitrogens with zero attached hydrogens (tertiary/aromatic N) is 4. The van der Waals surface area contributed by atoms with Crippen LogP contribution in [0.2, 0.25) is 0 Å². The minimum Gasteiger partial charge on any atom is -0.369 e. The maximum absolute atomic E-state index is 13.4. The molecule has 6 nitrogen and oxygen atoms in total. The molecule has 1 aliphatic heterocycles. The van der Waals surface area contributed by atoms with Crippen molar-refractivity contribution in [3.8, 4) is 0 Å². The van der Waals surface area contributed by atoms with Gasteiger partial charge < -0.3 is 5.73 Å². The zero-order valence-corrected chi connectivity index (χ0v) is 15.2. The largest absolute Gasteiger partial charge is 0.369 e. The lowest BCUT2D eigenvalue weighted by Gasteiger charge is -2.37. The highest BCUT2D eigenvalue weighted by atomic mass is 79.9. The van der Waals surface area contributed by atoms with Crippen molar-refractivity contribution < 1.29 is 4.79 Å². The summed E-state index contributed by atoms with van der Waals surface area (Å²) in [6.45, 7) is 0. The van der Waals surface area contributed by atoms with Crippen LogP contribution in [0.25, 0.3) is 0 Å². The smallest absolute Gasteiger partial charge is 0.262 e. The Morgan fingerprint density at radius 2 is 1.76 bits per heavy atom. The fraction of sp³-hybridized carbons (Fsp3) is 0.333. The summed E-state index contributed by atoms with van der Waals surface area (Å²) < 4.78 is 0.942. The van der Waals surface area contributed by atoms with E-state index in [1.807, 2.05) is 24.5 Å². The highest BCUT2D eigenvalue weighted by Crippen LogP contribution is 2.61. The maximum atomic E-state index is 13.4. The molecule has 2 spiro atoms. The average molecular weight is 398 g/mol. The van der Waals surface area contributed by atoms with Crippen molar-refractivity contribution in [3.05, 3.63) is 57.3 Å². The van der Waals surface area contributed by atoms with Gasteiger partial charge in [-0.05, 0) is 53.6 Å². The molecular weight excluding hydrogens is 382 g/mol. The quantitative estimate of drug-likeness (QED) is 0.730. The fourth-order valence-electron chi connectivity index (χ4n) is 4.84. The van der Waals surface area contributed by atoms with Gasteiger partial charge in [-0.25, -0.2) is 4.99 Å². The molecule has 7 heteroatoms. The zero-order chi connectivity index (χ0) is 17.4. The summed E-state index contributed by atoms with van der Waals surface area (Å²) >= 11 is 3.55. The Balaban J connectivity index is 1.78. The van der Waals surface area contributed by atoms with E-state index in [-0.39, 0.29) is 17.3 Å². The number of benzene rings is 1. The summed E-state index contributed by atoms with van der Waals surface area (Å²) in [6, 6.07) is 6.14. The van der Waals surface area contributed by atoms with Crippen molar-refractivity contribution in [3.63, 3.8) is 0 Å². The molecule has 0 saturated carbocycles. The Bertz CT molecular complexity index is 947. The fourth-order valence-corrected chi connectivity index (χ4v) is 5.20. The molecule has 2 aromatic rings. The van der Waals surface area contributed by atoms with Crippen LogP contribution >= 0.6 is 15.9 Å². The number of nitrogens with two attached hydrogens (primary N) is 1. The Labute approximate surface area is 153 Å². The number of guanidine groups is 1. The van der Waals surface area contributed by atoms with Crippen molar-refractivity contribution in [2.75, 3.05) is 7.05 Å². The third-order valence-corrected chi connectivity index (χ3v) is 6.46. The second kappa shape index (κ2) is 4.66. The molecule has 2 heterocycles. The molecule has 1 aromatic heterocycles. The molecule has 0 fully saturated rings. The predicted octanol–water partition coefficient (Wildman–Crippen LogP) is 1.56. The van der Waals surface area contributed by atoms with Gasteiger partial charge in [-0.15, -0.1) is 0 Å². The number of aliphatic imine (C=N–C) groups is 1. The monoisotopic (exact) mass is 397 g/mol. The van der Waals surface area contributed by atoms with Crippen LogP contribution in [0.5, 0.6) is 0 Å². The van der Waals surface area contributed by atoms with E-state index in [4.69, 9.17) is 10.7 Å². The van der Waals surface area contributed by atoms with Crippen LogP contribution in [0.3, 0.4) is 0 Å². The Morgan fingerprint density at radius 3 is 2.36 bits per heavy atom. The van der Waals surface area contributed by atoms with E-state index in [1.165, 1.54) is 4.90 Å². The Kier molecular flexibility index (Phi) is 2.80. The van der Waals surface area contributed by atoms with E-state index < -0.39 is 5.54 Å². The number of halogens is 1. The number of aromatic nitrogens is 2. The highest BCUT2D eigenvalue weighted by Gasteiger charge is 2.67. The minimum atomic E-state index is -0.968. The zero-order valence-electron chi connectivity index (χ0n) is 13.7. The first-order chi connectivity index (χ1) is 12.0. The SMILES string of the molecule is CN1C(=O)C2(N=C1N)c1cc(Br)ccc1CC21Cc2cnncc2C1. The van der Waals surface area contributed by atoms with Gasteiger partial charge in [0, 0.05) is 16.9 Å². The summed E-state index contributed by atoms with van der Waals surface area (Å²) in [7, 11) is 1.70. The van der Waals surface area contributed by atoms with E-state index in [0.29, 0.717) is 0 Å². The van der Waals surface area contributed by atoms with Crippen LogP contribution < -0.4 is 5.73 Å². The summed E-state index contributed by atoms with van der Waals surface area (Å²) in [4.78, 5) is 19.7. The second-order valence-corrected chi connectivity index (χ2v) is 8.11. The normalized spacial score (nSPS) is 25.6. The highest BCUT2D eigenvalue weighted by molar-refractivity contribution is 9.10. The van der Waals surface area contributed by atoms with Crippen LogP contribution in [-0.2, 0) is 29.6 Å². The number of carbonyl (C=O) groups is 1. The van der Waals surface area contributed by atoms with Crippen LogP contribution in [0.1, 0.15) is 22.3 Å². The predicted molar refractivity (Wildman–Crippen MR) is 95.8 cm³/mol. The van der Waals surface area contributed by atoms with Gasteiger partial charge >= 0.3 is 0 Å². The molecule has 0 bridgehead atoms. The van der Waals surface area contributed by atoms with Gasteiger partial charge in [-0.2, -0.15) is 10.2 Å². The number of hydrogen-bond acceptors (Lipinski definition) is 5. The van der Waals surface area contributed by atoms with Crippen molar-refractivity contribution in [2.45, 2.75) is 24.8 Å². The second-order valence-electron chi connectivity index (χ2n) is 7.20. The van der Waals surface area contributed by atoms with Crippen LogP contribution in [0.4, 0.5) is 0 Å². The standard InChI is InChI=1S/C18H16BrN5O/c1-24-15(25)18(23-16(24)20)14-4-13(19)3-2-10(14)5-17(18)6-11-8-21-22-9-12(11)7-17/h2-4,8-9H,5-7H2,1H3,(H2,20,23). The molecular formula is C18H16BrN5O. The van der Waals surface area contributed by atoms with Crippen molar-refractivity contribution in [2.24, 2.45) is 16.1 Å². The van der Waals surface area contributed by atoms with Gasteiger partial charge in [0.05, 0.1) is 12.4 Å². The van der Waals surface area contributed by atoms with Gasteiger partial charge in [0.1, 0.15) is 0 Å². The van der Waals surface area contributed by atoms with Gasteiger partial charge in [-0.1, -0.05) is 22.0 Å². The van der Waals surface area contributed by atoms with Crippen molar-refractivity contribution in [1.29, 1.82) is 0 Å². The van der Waals surface area contributed by atoms with Gasteiger partial charge in [0.2, 0.25) is 0 Å². The van der Waals surface area contributed by atoms with E-state index in [1.54, 1.807) is 7.05 Å². The van der Waals surface area contributed by atoms with Crippen molar-refractivity contribution in [1.82, 2.24) is 15.1 Å². The summed E-state index contributed by atoms with van der Waals surface area (Å²) in [5.74, 6) is 0.236. The Morgan fingerprint density at radius 1 is 1.12 bits per heavy atom. The summed E-state index contributed by atoms with van der Waals surface area (Å²) in [5, 5.41) is 8.05. The molecule has 3 aliphatic rings. The molecule has 1 unspecified atom stereocenters. The number of fused-ring (bicyclic) bond motifs is 4. The molecule has 1 atom stereocenters. The number of carbonyl (C=O) groups excluding carboxylic acids is 1. The lowest BCUT2D eigenvalue weighted by atomic mass is 9.67. The van der Waals surface area contributed by atoms with Gasteiger partial charge in [0.25, 0.3) is 5.91 Å². The maximum Gasteiger partial charge on any atom is 0.262 e. The molecule has 5 rings (SSSR count). The molecule has 25 heavy (non-hydrogen) atoms. The van der Waals surface area contributed by atoms with E-state index in [9.17, 15) is 4.79 Å². The van der Waals surface area contributed by atoms with Crippen LogP contribution in [0.15, 0.2) is 40.1 Å². The third kappa shape index (κ3) is 1.69. The molecule has 1 amide bonds. The topological polar surface area (TPSA) is 84.5 Å². The molecule has 126 valence electrons. The van der Waals surface area contributed by atoms with Crippen LogP contribution in [-0.4, -0.2) is 34.0 Å². The van der Waals surface area contributed by atoms with Gasteiger partial charge in [-0.3, -0.25) is 9.69 Å². The number of likely N-dealkylation sites (N-methyl/N-ethyl adjacent to an activating group) is 1. The number of hydrogen-bond donors (Lipinski definition) is 1. The summed E-state index contributed by atoms with van der Waals surface area (Å²) in [5.41, 5.74) is 9.20. The Hall–Kier alpha value is -2.28. The first-order valence-corrected chi connectivity index (χ1v) is 8.97. The summed E-state index contributed by atoms with van der Waals surface area (Å²) in [6.07, 6.45) is 5.92. The molecule has 2 N–H and O–H groups in total. The van der Waals surface area contributed by atoms with Crippen LogP contribution in [0, 0.1) is 5.41 Å². The van der Waals surface area contributed by atoms with Gasteiger partial charge in [0.15, 0.2) is 11.5 Å². The third-order valence-electron chi connectivity index (χ3n) is 5.96. The molecule has 1 aromatic carbocycles. The molecule has 0 radical (unpaired) electrons. The number of rotatable bonds is 0. The first-order valence-electron chi connectivity index (χ1n) is 8.18. The average Bonchev–Trinajstić information content (AvgIpc) is 3.17. The van der Waals surface area contributed by atoms with E-state index in [2.05, 4.69) is 32.2 Å². The first kappa shape index (κ1) is 15.0. The lowest BCUT2D eigenvalue weighted by molar-refractivity contribution is -0.134. The number of amides is 1. The van der Waals surface area contributed by atoms with Crippen molar-refractivity contribution >= 4 is 27.8 Å². The van der Waals surface area contributed by atoms with E-state index in [0.717, 1.165) is 46.0 Å². The molecule has 0 saturated heterocycles. The minimum absolute atomic E-state index is 0.0458. The van der Waals surface area contributed by atoms with E-state index >= 15 is 0 Å².